The molecular weight excluding hydrogens is 370 g/mol. The second-order valence-corrected chi connectivity index (χ2v) is 6.15. The van der Waals surface area contributed by atoms with Gasteiger partial charge in [0.05, 0.1) is 16.3 Å². The van der Waals surface area contributed by atoms with E-state index in [0.29, 0.717) is 22.8 Å². The van der Waals surface area contributed by atoms with E-state index in [-0.39, 0.29) is 24.4 Å². The van der Waals surface area contributed by atoms with Gasteiger partial charge in [0.2, 0.25) is 5.91 Å². The standard InChI is InChI=1S/C19H16F2N4O3/c1-12-10-18(24(23-12)14-4-6-15(7-5-14)25(27)28)22-19(26)9-3-13-2-8-16(20)17(21)11-13/h2,4-8,10-11H,3,9H2,1H3,(H,22,26). The van der Waals surface area contributed by atoms with Crippen LogP contribution in [0.4, 0.5) is 20.3 Å². The quantitative estimate of drug-likeness (QED) is 0.513. The smallest absolute Gasteiger partial charge is 0.269 e. The van der Waals surface area contributed by atoms with E-state index in [1.165, 1.54) is 35.0 Å². The highest BCUT2D eigenvalue weighted by molar-refractivity contribution is 5.90. The molecule has 0 spiro atoms. The van der Waals surface area contributed by atoms with Crippen LogP contribution in [0.3, 0.4) is 0 Å². The van der Waals surface area contributed by atoms with Gasteiger partial charge in [-0.25, -0.2) is 13.5 Å². The van der Waals surface area contributed by atoms with Crippen molar-refractivity contribution in [3.8, 4) is 5.69 Å². The number of amides is 1. The molecule has 0 saturated heterocycles. The van der Waals surface area contributed by atoms with Crippen LogP contribution in [0.5, 0.6) is 0 Å². The monoisotopic (exact) mass is 386 g/mol. The van der Waals surface area contributed by atoms with Gasteiger partial charge in [-0.15, -0.1) is 0 Å². The molecule has 0 fully saturated rings. The number of nitro groups is 1. The van der Waals surface area contributed by atoms with Crippen molar-refractivity contribution in [2.24, 2.45) is 0 Å². The van der Waals surface area contributed by atoms with Crippen molar-refractivity contribution in [3.05, 3.63) is 81.5 Å². The number of carbonyl (C=O) groups excluding carboxylic acids is 1. The highest BCUT2D eigenvalue weighted by Crippen LogP contribution is 2.20. The molecule has 1 amide bonds. The number of hydrogen-bond acceptors (Lipinski definition) is 4. The van der Waals surface area contributed by atoms with E-state index in [4.69, 9.17) is 0 Å². The number of nitro benzene ring substituents is 1. The lowest BCUT2D eigenvalue weighted by Gasteiger charge is -2.09. The lowest BCUT2D eigenvalue weighted by Crippen LogP contribution is -2.15. The Bertz CT molecular complexity index is 1030. The van der Waals surface area contributed by atoms with Crippen LogP contribution in [-0.2, 0) is 11.2 Å². The molecule has 9 heteroatoms. The number of aryl methyl sites for hydroxylation is 2. The molecule has 0 saturated carbocycles. The number of anilines is 1. The first kappa shape index (κ1) is 19.2. The fourth-order valence-corrected chi connectivity index (χ4v) is 2.66. The maximum atomic E-state index is 13.2. The lowest BCUT2D eigenvalue weighted by molar-refractivity contribution is -0.384. The molecule has 0 unspecified atom stereocenters. The second kappa shape index (κ2) is 7.95. The average molecular weight is 386 g/mol. The Labute approximate surface area is 158 Å². The molecule has 1 aromatic heterocycles. The van der Waals surface area contributed by atoms with Crippen molar-refractivity contribution in [3.63, 3.8) is 0 Å². The summed E-state index contributed by atoms with van der Waals surface area (Å²) >= 11 is 0. The Balaban J connectivity index is 1.71. The minimum absolute atomic E-state index is 0.0512. The Morgan fingerprint density at radius 3 is 2.50 bits per heavy atom. The number of halogens is 2. The fourth-order valence-electron chi connectivity index (χ4n) is 2.66. The number of non-ortho nitro benzene ring substituents is 1. The molecule has 3 aromatic rings. The Morgan fingerprint density at radius 2 is 1.86 bits per heavy atom. The zero-order valence-corrected chi connectivity index (χ0v) is 14.9. The van der Waals surface area contributed by atoms with E-state index in [1.807, 2.05) is 0 Å². The topological polar surface area (TPSA) is 90.1 Å². The summed E-state index contributed by atoms with van der Waals surface area (Å²) in [5.41, 5.74) is 1.66. The third-order valence-corrected chi connectivity index (χ3v) is 4.03. The number of aromatic nitrogens is 2. The molecule has 7 nitrogen and oxygen atoms in total. The van der Waals surface area contributed by atoms with E-state index < -0.39 is 16.6 Å². The third-order valence-electron chi connectivity index (χ3n) is 4.03. The predicted molar refractivity (Wildman–Crippen MR) is 98.3 cm³/mol. The predicted octanol–water partition coefficient (Wildman–Crippen LogP) is 3.94. The number of hydrogen-bond donors (Lipinski definition) is 1. The first-order valence-electron chi connectivity index (χ1n) is 8.39. The number of nitrogens with one attached hydrogen (secondary N) is 1. The van der Waals surface area contributed by atoms with E-state index in [2.05, 4.69) is 10.4 Å². The van der Waals surface area contributed by atoms with Crippen molar-refractivity contribution in [2.75, 3.05) is 5.32 Å². The van der Waals surface area contributed by atoms with Crippen LogP contribution in [-0.4, -0.2) is 20.6 Å². The summed E-state index contributed by atoms with van der Waals surface area (Å²) in [6.07, 6.45) is 0.309. The van der Waals surface area contributed by atoms with Gasteiger partial charge < -0.3 is 5.32 Å². The minimum Gasteiger partial charge on any atom is -0.311 e. The van der Waals surface area contributed by atoms with Gasteiger partial charge in [0.1, 0.15) is 5.82 Å². The second-order valence-electron chi connectivity index (χ2n) is 6.15. The van der Waals surface area contributed by atoms with Crippen molar-refractivity contribution < 1.29 is 18.5 Å². The lowest BCUT2D eigenvalue weighted by atomic mass is 10.1. The summed E-state index contributed by atoms with van der Waals surface area (Å²) in [6, 6.07) is 10.9. The number of benzene rings is 2. The van der Waals surface area contributed by atoms with Crippen molar-refractivity contribution >= 4 is 17.4 Å². The fraction of sp³-hybridized carbons (Fsp3) is 0.158. The van der Waals surface area contributed by atoms with Gasteiger partial charge in [-0.2, -0.15) is 5.10 Å². The van der Waals surface area contributed by atoms with E-state index >= 15 is 0 Å². The van der Waals surface area contributed by atoms with E-state index in [1.54, 1.807) is 13.0 Å². The minimum atomic E-state index is -0.954. The normalized spacial score (nSPS) is 10.7. The van der Waals surface area contributed by atoms with Crippen LogP contribution < -0.4 is 5.32 Å². The molecule has 144 valence electrons. The molecule has 0 radical (unpaired) electrons. The molecule has 3 rings (SSSR count). The third kappa shape index (κ3) is 4.37. The maximum absolute atomic E-state index is 13.2. The Hall–Kier alpha value is -3.62. The summed E-state index contributed by atoms with van der Waals surface area (Å²) in [5, 5.41) is 17.8. The number of nitrogens with zero attached hydrogens (tertiary/aromatic N) is 3. The molecule has 28 heavy (non-hydrogen) atoms. The van der Waals surface area contributed by atoms with Crippen LogP contribution in [0.1, 0.15) is 17.7 Å². The molecular formula is C19H16F2N4O3. The molecule has 0 aliphatic rings. The van der Waals surface area contributed by atoms with Gasteiger partial charge in [0.25, 0.3) is 5.69 Å². The summed E-state index contributed by atoms with van der Waals surface area (Å²) in [7, 11) is 0. The van der Waals surface area contributed by atoms with Crippen LogP contribution in [0.2, 0.25) is 0 Å². The summed E-state index contributed by atoms with van der Waals surface area (Å²) < 4.78 is 27.7. The zero-order valence-electron chi connectivity index (χ0n) is 14.9. The molecule has 2 aromatic carbocycles. The van der Waals surface area contributed by atoms with Gasteiger partial charge in [-0.05, 0) is 43.2 Å². The molecule has 1 N–H and O–H groups in total. The highest BCUT2D eigenvalue weighted by atomic mass is 19.2. The molecule has 0 bridgehead atoms. The molecule has 1 heterocycles. The van der Waals surface area contributed by atoms with Crippen LogP contribution >= 0.6 is 0 Å². The van der Waals surface area contributed by atoms with E-state index in [0.717, 1.165) is 12.1 Å². The van der Waals surface area contributed by atoms with E-state index in [9.17, 15) is 23.7 Å². The highest BCUT2D eigenvalue weighted by Gasteiger charge is 2.13. The van der Waals surface area contributed by atoms with Gasteiger partial charge in [-0.1, -0.05) is 6.07 Å². The molecule has 0 aliphatic heterocycles. The zero-order chi connectivity index (χ0) is 20.3. The van der Waals surface area contributed by atoms with Crippen molar-refractivity contribution in [2.45, 2.75) is 19.8 Å². The van der Waals surface area contributed by atoms with Gasteiger partial charge in [-0.3, -0.25) is 14.9 Å². The average Bonchev–Trinajstić information content (AvgIpc) is 3.03. The summed E-state index contributed by atoms with van der Waals surface area (Å²) in [6.45, 7) is 1.75. The maximum Gasteiger partial charge on any atom is 0.269 e. The molecule has 0 atom stereocenters. The Morgan fingerprint density at radius 1 is 1.14 bits per heavy atom. The number of carbonyl (C=O) groups is 1. The molecule has 0 aliphatic carbocycles. The van der Waals surface area contributed by atoms with Crippen LogP contribution in [0.25, 0.3) is 5.69 Å². The Kier molecular flexibility index (Phi) is 5.44. The van der Waals surface area contributed by atoms with Gasteiger partial charge in [0.15, 0.2) is 11.6 Å². The van der Waals surface area contributed by atoms with Crippen molar-refractivity contribution in [1.29, 1.82) is 0 Å². The SMILES string of the molecule is Cc1cc(NC(=O)CCc2ccc(F)c(F)c2)n(-c2ccc([N+](=O)[O-])cc2)n1. The van der Waals surface area contributed by atoms with Gasteiger partial charge >= 0.3 is 0 Å². The van der Waals surface area contributed by atoms with Gasteiger partial charge in [0, 0.05) is 24.6 Å². The summed E-state index contributed by atoms with van der Waals surface area (Å²) in [4.78, 5) is 22.5. The summed E-state index contributed by atoms with van der Waals surface area (Å²) in [5.74, 6) is -1.81. The first-order valence-corrected chi connectivity index (χ1v) is 8.39. The van der Waals surface area contributed by atoms with Crippen molar-refractivity contribution in [1.82, 2.24) is 9.78 Å². The van der Waals surface area contributed by atoms with Crippen LogP contribution in [0.15, 0.2) is 48.5 Å². The largest absolute Gasteiger partial charge is 0.311 e. The first-order chi connectivity index (χ1) is 13.3. The number of rotatable bonds is 6. The van der Waals surface area contributed by atoms with Crippen LogP contribution in [0, 0.1) is 28.7 Å².